The Hall–Kier alpha value is -2.01. The first kappa shape index (κ1) is 16.5. The standard InChI is InChI=1S/C20H25N3OS/c1-4-5-8-23-17-12-16-15(11-14(17)20(2,3)19(23)24)21-18(22-16)10-13-7-6-9-25-13/h6-7,9,11-12,18,21-22H,4-5,8,10H2,1-3H3. The van der Waals surface area contributed by atoms with Crippen LogP contribution < -0.4 is 15.5 Å². The van der Waals surface area contributed by atoms with E-state index < -0.39 is 5.41 Å². The Labute approximate surface area is 153 Å². The number of fused-ring (bicyclic) bond motifs is 2. The number of amides is 1. The zero-order chi connectivity index (χ0) is 17.6. The molecule has 2 aromatic rings. The van der Waals surface area contributed by atoms with Crippen molar-refractivity contribution in [2.75, 3.05) is 22.1 Å². The van der Waals surface area contributed by atoms with Gasteiger partial charge in [0, 0.05) is 17.8 Å². The molecule has 5 heteroatoms. The summed E-state index contributed by atoms with van der Waals surface area (Å²) in [6.07, 6.45) is 3.29. The molecule has 25 heavy (non-hydrogen) atoms. The average Bonchev–Trinajstić information content (AvgIpc) is 3.26. The predicted octanol–water partition coefficient (Wildman–Crippen LogP) is 4.58. The van der Waals surface area contributed by atoms with Crippen LogP contribution in [-0.4, -0.2) is 18.6 Å². The number of benzene rings is 1. The molecule has 2 aliphatic rings. The molecule has 1 atom stereocenters. The summed E-state index contributed by atoms with van der Waals surface area (Å²) in [6, 6.07) is 8.60. The molecule has 0 spiro atoms. The second-order valence-corrected chi connectivity index (χ2v) is 8.51. The van der Waals surface area contributed by atoms with Crippen molar-refractivity contribution in [3.63, 3.8) is 0 Å². The van der Waals surface area contributed by atoms with Crippen LogP contribution in [0.5, 0.6) is 0 Å². The predicted molar refractivity (Wildman–Crippen MR) is 106 cm³/mol. The number of carbonyl (C=O) groups excluding carboxylic acids is 1. The second-order valence-electron chi connectivity index (χ2n) is 7.48. The molecule has 2 N–H and O–H groups in total. The van der Waals surface area contributed by atoms with Gasteiger partial charge in [-0.15, -0.1) is 11.3 Å². The summed E-state index contributed by atoms with van der Waals surface area (Å²) in [7, 11) is 0. The van der Waals surface area contributed by atoms with Crippen molar-refractivity contribution < 1.29 is 4.79 Å². The van der Waals surface area contributed by atoms with Gasteiger partial charge in [0.05, 0.1) is 22.5 Å². The van der Waals surface area contributed by atoms with Crippen LogP contribution in [-0.2, 0) is 16.6 Å². The summed E-state index contributed by atoms with van der Waals surface area (Å²) in [6.45, 7) is 7.04. The highest BCUT2D eigenvalue weighted by Crippen LogP contribution is 2.47. The quantitative estimate of drug-likeness (QED) is 0.825. The highest BCUT2D eigenvalue weighted by atomic mass is 32.1. The third kappa shape index (κ3) is 2.71. The molecule has 1 amide bonds. The van der Waals surface area contributed by atoms with Gasteiger partial charge in [-0.2, -0.15) is 0 Å². The van der Waals surface area contributed by atoms with E-state index in [2.05, 4.69) is 47.2 Å². The summed E-state index contributed by atoms with van der Waals surface area (Å²) in [5.74, 6) is 0.217. The first-order chi connectivity index (χ1) is 12.0. The summed E-state index contributed by atoms with van der Waals surface area (Å²) in [5, 5.41) is 9.27. The largest absolute Gasteiger partial charge is 0.363 e. The monoisotopic (exact) mass is 355 g/mol. The fraction of sp³-hybridized carbons (Fsp3) is 0.450. The molecular weight excluding hydrogens is 330 g/mol. The van der Waals surface area contributed by atoms with Crippen LogP contribution in [0.4, 0.5) is 17.1 Å². The van der Waals surface area contributed by atoms with E-state index in [0.29, 0.717) is 0 Å². The SMILES string of the molecule is CCCCN1C(=O)C(C)(C)c2cc3c(cc21)NC(Cc1cccs1)N3. The van der Waals surface area contributed by atoms with E-state index in [4.69, 9.17) is 0 Å². The van der Waals surface area contributed by atoms with Gasteiger partial charge in [0.15, 0.2) is 0 Å². The van der Waals surface area contributed by atoms with Crippen LogP contribution in [0.25, 0.3) is 0 Å². The van der Waals surface area contributed by atoms with Crippen molar-refractivity contribution in [3.05, 3.63) is 40.1 Å². The van der Waals surface area contributed by atoms with Crippen LogP contribution in [0.1, 0.15) is 44.1 Å². The fourth-order valence-corrected chi connectivity index (χ4v) is 4.55. The van der Waals surface area contributed by atoms with Crippen molar-refractivity contribution in [2.45, 2.75) is 51.6 Å². The van der Waals surface area contributed by atoms with Gasteiger partial charge in [-0.05, 0) is 49.4 Å². The first-order valence-electron chi connectivity index (χ1n) is 9.06. The third-order valence-corrected chi connectivity index (χ3v) is 6.16. The van der Waals surface area contributed by atoms with E-state index in [1.54, 1.807) is 11.3 Å². The van der Waals surface area contributed by atoms with Crippen LogP contribution in [0.2, 0.25) is 0 Å². The highest BCUT2D eigenvalue weighted by Gasteiger charge is 2.44. The lowest BCUT2D eigenvalue weighted by atomic mass is 9.86. The molecule has 3 heterocycles. The number of nitrogens with zero attached hydrogens (tertiary/aromatic N) is 1. The van der Waals surface area contributed by atoms with Crippen LogP contribution in [0.15, 0.2) is 29.6 Å². The normalized spacial score (nSPS) is 20.2. The van der Waals surface area contributed by atoms with Crippen molar-refractivity contribution in [3.8, 4) is 0 Å². The van der Waals surface area contributed by atoms with Gasteiger partial charge in [0.1, 0.15) is 6.17 Å². The minimum Gasteiger partial charge on any atom is -0.363 e. The Balaban J connectivity index is 1.63. The zero-order valence-corrected chi connectivity index (χ0v) is 15.9. The molecule has 0 saturated heterocycles. The minimum absolute atomic E-state index is 0.207. The van der Waals surface area contributed by atoms with Gasteiger partial charge in [-0.3, -0.25) is 4.79 Å². The van der Waals surface area contributed by atoms with Crippen LogP contribution >= 0.6 is 11.3 Å². The molecule has 1 aromatic heterocycles. The number of hydrogen-bond acceptors (Lipinski definition) is 4. The number of hydrogen-bond donors (Lipinski definition) is 2. The van der Waals surface area contributed by atoms with Gasteiger partial charge in [0.2, 0.25) is 5.91 Å². The van der Waals surface area contributed by atoms with Crippen LogP contribution in [0.3, 0.4) is 0 Å². The molecule has 1 aromatic carbocycles. The Kier molecular flexibility index (Phi) is 3.99. The number of unbranched alkanes of at least 4 members (excludes halogenated alkanes) is 1. The third-order valence-electron chi connectivity index (χ3n) is 5.26. The molecular formula is C20H25N3OS. The first-order valence-corrected chi connectivity index (χ1v) is 9.94. The van der Waals surface area contributed by atoms with Crippen LogP contribution in [0, 0.1) is 0 Å². The maximum absolute atomic E-state index is 12.9. The summed E-state index contributed by atoms with van der Waals surface area (Å²) >= 11 is 1.79. The van der Waals surface area contributed by atoms with Gasteiger partial charge in [-0.1, -0.05) is 19.4 Å². The molecule has 1 unspecified atom stereocenters. The zero-order valence-electron chi connectivity index (χ0n) is 15.1. The van der Waals surface area contributed by atoms with E-state index in [1.807, 2.05) is 18.7 Å². The topological polar surface area (TPSA) is 44.4 Å². The Bertz CT molecular complexity index is 798. The summed E-state index contributed by atoms with van der Waals surface area (Å²) in [4.78, 5) is 16.2. The Morgan fingerprint density at radius 1 is 1.24 bits per heavy atom. The van der Waals surface area contributed by atoms with E-state index in [9.17, 15) is 4.79 Å². The Morgan fingerprint density at radius 2 is 2.00 bits per heavy atom. The van der Waals surface area contributed by atoms with E-state index in [0.717, 1.165) is 48.4 Å². The molecule has 0 saturated carbocycles. The lowest BCUT2D eigenvalue weighted by Gasteiger charge is -2.20. The maximum atomic E-state index is 12.9. The number of nitrogens with one attached hydrogen (secondary N) is 2. The molecule has 132 valence electrons. The lowest BCUT2D eigenvalue weighted by Crippen LogP contribution is -2.36. The smallest absolute Gasteiger partial charge is 0.237 e. The minimum atomic E-state index is -0.453. The van der Waals surface area contributed by atoms with Crippen molar-refractivity contribution in [1.82, 2.24) is 0 Å². The molecule has 0 fully saturated rings. The molecule has 4 rings (SSSR count). The Morgan fingerprint density at radius 3 is 2.68 bits per heavy atom. The summed E-state index contributed by atoms with van der Waals surface area (Å²) < 4.78 is 0. The van der Waals surface area contributed by atoms with Gasteiger partial charge >= 0.3 is 0 Å². The van der Waals surface area contributed by atoms with Crippen molar-refractivity contribution >= 4 is 34.3 Å². The van der Waals surface area contributed by atoms with Crippen molar-refractivity contribution in [1.29, 1.82) is 0 Å². The fourth-order valence-electron chi connectivity index (χ4n) is 3.79. The average molecular weight is 356 g/mol. The second kappa shape index (κ2) is 6.06. The number of rotatable bonds is 5. The van der Waals surface area contributed by atoms with Crippen molar-refractivity contribution in [2.24, 2.45) is 0 Å². The lowest BCUT2D eigenvalue weighted by molar-refractivity contribution is -0.122. The number of thiophene rings is 1. The number of carbonyl (C=O) groups is 1. The molecule has 0 aliphatic carbocycles. The van der Waals surface area contributed by atoms with Gasteiger partial charge < -0.3 is 15.5 Å². The molecule has 0 radical (unpaired) electrons. The maximum Gasteiger partial charge on any atom is 0.237 e. The molecule has 0 bridgehead atoms. The number of anilines is 3. The molecule has 2 aliphatic heterocycles. The van der Waals surface area contributed by atoms with E-state index >= 15 is 0 Å². The van der Waals surface area contributed by atoms with E-state index in [-0.39, 0.29) is 12.1 Å². The van der Waals surface area contributed by atoms with E-state index in [1.165, 1.54) is 4.88 Å². The molecule has 4 nitrogen and oxygen atoms in total. The highest BCUT2D eigenvalue weighted by molar-refractivity contribution is 7.09. The van der Waals surface area contributed by atoms with Gasteiger partial charge in [-0.25, -0.2) is 0 Å². The summed E-state index contributed by atoms with van der Waals surface area (Å²) in [5.41, 5.74) is 3.98. The van der Waals surface area contributed by atoms with Gasteiger partial charge in [0.25, 0.3) is 0 Å².